The van der Waals surface area contributed by atoms with E-state index in [9.17, 15) is 28.8 Å². The van der Waals surface area contributed by atoms with Crippen LogP contribution >= 0.6 is 0 Å². The molecule has 6 N–H and O–H groups in total. The Labute approximate surface area is 529 Å². The summed E-state index contributed by atoms with van der Waals surface area (Å²) in [5, 5.41) is 18.2. The van der Waals surface area contributed by atoms with Crippen LogP contribution in [0.1, 0.15) is 297 Å². The van der Waals surface area contributed by atoms with E-state index in [0.717, 1.165) is 51.4 Å². The van der Waals surface area contributed by atoms with Gasteiger partial charge in [-0.2, -0.15) is 0 Å². The van der Waals surface area contributed by atoms with Crippen LogP contribution in [-0.4, -0.2) is 174 Å². The van der Waals surface area contributed by atoms with Crippen LogP contribution in [-0.2, 0) is 28.8 Å². The van der Waals surface area contributed by atoms with Crippen molar-refractivity contribution in [2.75, 3.05) is 119 Å². The monoisotopic (exact) mass is 1220 g/mol. The molecule has 0 aliphatic carbocycles. The molecule has 16 nitrogen and oxygen atoms in total. The third-order valence-electron chi connectivity index (χ3n) is 16.7. The Morgan fingerprint density at radius 2 is 0.407 bits per heavy atom. The first-order chi connectivity index (χ1) is 41.9. The maximum absolute atomic E-state index is 13.1. The normalized spacial score (nSPS) is 11.5. The minimum Gasteiger partial charge on any atom is -0.355 e. The summed E-state index contributed by atoms with van der Waals surface area (Å²) in [5.41, 5.74) is 0. The highest BCUT2D eigenvalue weighted by molar-refractivity contribution is 5.82. The second-order valence-electron chi connectivity index (χ2n) is 25.4. The Kier molecular flexibility index (Phi) is 62.1. The van der Waals surface area contributed by atoms with E-state index in [-0.39, 0.29) is 74.5 Å². The number of carbonyl (C=O) groups excluding carboxylic acids is 6. The van der Waals surface area contributed by atoms with Crippen LogP contribution < -0.4 is 31.9 Å². The molecule has 0 saturated heterocycles. The smallest absolute Gasteiger partial charge is 0.234 e. The molecule has 0 heterocycles. The number of unbranched alkanes of at least 4 members (excludes halogenated alkanes) is 36. The molecule has 0 aromatic carbocycles. The van der Waals surface area contributed by atoms with Gasteiger partial charge in [0, 0.05) is 91.4 Å². The summed E-state index contributed by atoms with van der Waals surface area (Å²) in [4.78, 5) is 86.0. The number of amides is 6. The zero-order valence-electron chi connectivity index (χ0n) is 57.3. The zero-order valence-corrected chi connectivity index (χ0v) is 57.3. The van der Waals surface area contributed by atoms with Crippen LogP contribution in [0.5, 0.6) is 0 Å². The molecule has 0 aromatic rings. The van der Waals surface area contributed by atoms with Crippen molar-refractivity contribution in [3.05, 3.63) is 0 Å². The molecule has 0 spiro atoms. The summed E-state index contributed by atoms with van der Waals surface area (Å²) in [7, 11) is 3.90. The fourth-order valence-corrected chi connectivity index (χ4v) is 10.8. The summed E-state index contributed by atoms with van der Waals surface area (Å²) in [6.07, 6.45) is 50.3. The van der Waals surface area contributed by atoms with Crippen LogP contribution in [0.4, 0.5) is 0 Å². The molecule has 0 radical (unpaired) electrons. The first-order valence-electron chi connectivity index (χ1n) is 36.4. The molecule has 6 amide bonds. The van der Waals surface area contributed by atoms with Gasteiger partial charge in [-0.05, 0) is 39.8 Å². The van der Waals surface area contributed by atoms with Crippen molar-refractivity contribution in [2.24, 2.45) is 0 Å². The van der Waals surface area contributed by atoms with E-state index in [1.165, 1.54) is 205 Å². The van der Waals surface area contributed by atoms with Gasteiger partial charge in [0.05, 0.1) is 26.2 Å². The second kappa shape index (κ2) is 64.6. The lowest BCUT2D eigenvalue weighted by Crippen LogP contribution is -2.46. The SMILES string of the molecule is CCCCCCCCCCCCNC(=O)CN(CCN(C)CCC(=O)NCCNC(=O)CCN(C)CCN(CC(=O)NCCCCCCCCCCCC)CC(=O)NCCCCCCCCCCCC)CC(=O)NCCCCCCCCCCCC. The van der Waals surface area contributed by atoms with Crippen LogP contribution in [0.25, 0.3) is 0 Å². The summed E-state index contributed by atoms with van der Waals surface area (Å²) < 4.78 is 0. The Hall–Kier alpha value is -3.34. The number of hydrogen-bond acceptors (Lipinski definition) is 10. The molecule has 0 aliphatic rings. The Morgan fingerprint density at radius 1 is 0.221 bits per heavy atom. The van der Waals surface area contributed by atoms with Gasteiger partial charge < -0.3 is 41.7 Å². The third kappa shape index (κ3) is 60.9. The van der Waals surface area contributed by atoms with Gasteiger partial charge in [-0.15, -0.1) is 0 Å². The van der Waals surface area contributed by atoms with Gasteiger partial charge in [0.2, 0.25) is 35.4 Å². The van der Waals surface area contributed by atoms with Crippen LogP contribution in [0, 0.1) is 0 Å². The summed E-state index contributed by atoms with van der Waals surface area (Å²) in [6, 6.07) is 0. The maximum Gasteiger partial charge on any atom is 0.234 e. The summed E-state index contributed by atoms with van der Waals surface area (Å²) in [5.74, 6) is -0.471. The second-order valence-corrected chi connectivity index (χ2v) is 25.4. The van der Waals surface area contributed by atoms with Gasteiger partial charge in [-0.3, -0.25) is 38.6 Å². The number of likely N-dealkylation sites (N-methyl/N-ethyl adjacent to an activating group) is 2. The molecule has 16 heteroatoms. The lowest BCUT2D eigenvalue weighted by Gasteiger charge is -2.25. The predicted molar refractivity (Wildman–Crippen MR) is 363 cm³/mol. The first-order valence-corrected chi connectivity index (χ1v) is 36.4. The highest BCUT2D eigenvalue weighted by Gasteiger charge is 2.18. The van der Waals surface area contributed by atoms with Crippen molar-refractivity contribution < 1.29 is 28.8 Å². The standard InChI is InChI=1S/C70H140N10O6/c1-7-11-15-19-23-27-31-35-39-43-49-71-67(83)61-79(62-68(84)72-50-44-40-36-32-28-24-20-16-12-8-2)59-57-77(5)55-47-65(81)75-53-54-76-66(82)48-56-78(6)58-60-80(63-69(85)73-51-45-41-37-33-29-25-21-17-13-9-3)64-70(86)74-52-46-42-38-34-30-26-22-18-14-10-4/h7-64H2,1-6H3,(H,71,83)(H,72,84)(H,73,85)(H,74,86)(H,75,81)(H,76,82). The minimum absolute atomic E-state index is 0.0644. The van der Waals surface area contributed by atoms with E-state index in [4.69, 9.17) is 0 Å². The molecule has 0 bridgehead atoms. The molecular weight excluding hydrogens is 1080 g/mol. The number of rotatable bonds is 67. The van der Waals surface area contributed by atoms with E-state index in [1.54, 1.807) is 0 Å². The van der Waals surface area contributed by atoms with Gasteiger partial charge in [0.25, 0.3) is 0 Å². The van der Waals surface area contributed by atoms with Crippen LogP contribution in [0.3, 0.4) is 0 Å². The lowest BCUT2D eigenvalue weighted by atomic mass is 10.1. The average Bonchev–Trinajstić information content (AvgIpc) is 3.51. The topological polar surface area (TPSA) is 188 Å². The highest BCUT2D eigenvalue weighted by atomic mass is 16.2. The zero-order chi connectivity index (χ0) is 63.0. The molecule has 86 heavy (non-hydrogen) atoms. The van der Waals surface area contributed by atoms with Gasteiger partial charge in [0.15, 0.2) is 0 Å². The average molecular weight is 1220 g/mol. The molecule has 0 aliphatic heterocycles. The number of nitrogens with one attached hydrogen (secondary N) is 6. The minimum atomic E-state index is -0.107. The Morgan fingerprint density at radius 3 is 0.616 bits per heavy atom. The lowest BCUT2D eigenvalue weighted by molar-refractivity contribution is -0.126. The van der Waals surface area contributed by atoms with E-state index in [2.05, 4.69) is 69.4 Å². The molecule has 0 atom stereocenters. The molecule has 0 unspecified atom stereocenters. The van der Waals surface area contributed by atoms with Crippen molar-refractivity contribution in [3.63, 3.8) is 0 Å². The van der Waals surface area contributed by atoms with E-state index < -0.39 is 0 Å². The highest BCUT2D eigenvalue weighted by Crippen LogP contribution is 2.14. The molecule has 506 valence electrons. The third-order valence-corrected chi connectivity index (χ3v) is 16.7. The number of carbonyl (C=O) groups is 6. The Balaban J connectivity index is 4.86. The quantitative estimate of drug-likeness (QED) is 0.0320. The van der Waals surface area contributed by atoms with Crippen LogP contribution in [0.15, 0.2) is 0 Å². The summed E-state index contributed by atoms with van der Waals surface area (Å²) in [6.45, 7) is 16.1. The van der Waals surface area contributed by atoms with E-state index in [1.807, 2.05) is 23.9 Å². The van der Waals surface area contributed by atoms with Crippen molar-refractivity contribution in [1.82, 2.24) is 51.5 Å². The van der Waals surface area contributed by atoms with Gasteiger partial charge >= 0.3 is 0 Å². The van der Waals surface area contributed by atoms with Gasteiger partial charge in [-0.25, -0.2) is 0 Å². The van der Waals surface area contributed by atoms with Crippen molar-refractivity contribution in [3.8, 4) is 0 Å². The number of hydrogen-bond donors (Lipinski definition) is 6. The van der Waals surface area contributed by atoms with E-state index >= 15 is 0 Å². The van der Waals surface area contributed by atoms with Gasteiger partial charge in [-0.1, -0.05) is 259 Å². The molecule has 0 aromatic heterocycles. The first kappa shape index (κ1) is 82.7. The largest absolute Gasteiger partial charge is 0.355 e. The van der Waals surface area contributed by atoms with Crippen molar-refractivity contribution >= 4 is 35.4 Å². The summed E-state index contributed by atoms with van der Waals surface area (Å²) >= 11 is 0. The van der Waals surface area contributed by atoms with Gasteiger partial charge in [0.1, 0.15) is 0 Å². The maximum atomic E-state index is 13.1. The molecule has 0 saturated carbocycles. The van der Waals surface area contributed by atoms with Crippen molar-refractivity contribution in [1.29, 1.82) is 0 Å². The molecule has 0 rings (SSSR count). The predicted octanol–water partition coefficient (Wildman–Crippen LogP) is 12.6. The number of nitrogens with zero attached hydrogens (tertiary/aromatic N) is 4. The fraction of sp³-hybridized carbons (Fsp3) is 0.914. The fourth-order valence-electron chi connectivity index (χ4n) is 10.8. The van der Waals surface area contributed by atoms with Crippen molar-refractivity contribution in [2.45, 2.75) is 297 Å². The molecular formula is C70H140N10O6. The molecule has 0 fully saturated rings. The van der Waals surface area contributed by atoms with E-state index in [0.29, 0.717) is 78.5 Å². The Bertz CT molecular complexity index is 1380. The van der Waals surface area contributed by atoms with Crippen LogP contribution in [0.2, 0.25) is 0 Å².